The van der Waals surface area contributed by atoms with Crippen LogP contribution in [0, 0.1) is 5.92 Å². The molecule has 1 saturated heterocycles. The molecular weight excluding hydrogens is 232 g/mol. The SMILES string of the molecule is CCN1CCCC(C(C)NCC(C)S(C)=O)C1. The Kier molecular flexibility index (Phi) is 6.67. The van der Waals surface area contributed by atoms with Crippen molar-refractivity contribution >= 4 is 10.8 Å². The fourth-order valence-corrected chi connectivity index (χ4v) is 2.75. The summed E-state index contributed by atoms with van der Waals surface area (Å²) >= 11 is 0. The van der Waals surface area contributed by atoms with Crippen molar-refractivity contribution in [2.45, 2.75) is 44.9 Å². The van der Waals surface area contributed by atoms with Crippen LogP contribution in [0.25, 0.3) is 0 Å². The van der Waals surface area contributed by atoms with Gasteiger partial charge in [0.1, 0.15) is 0 Å². The number of hydrogen-bond acceptors (Lipinski definition) is 3. The zero-order valence-corrected chi connectivity index (χ0v) is 12.6. The molecule has 0 aliphatic carbocycles. The van der Waals surface area contributed by atoms with Gasteiger partial charge in [-0.15, -0.1) is 0 Å². The van der Waals surface area contributed by atoms with Crippen molar-refractivity contribution < 1.29 is 4.21 Å². The van der Waals surface area contributed by atoms with Gasteiger partial charge in [0.2, 0.25) is 0 Å². The molecule has 0 spiro atoms. The molecule has 17 heavy (non-hydrogen) atoms. The predicted molar refractivity (Wildman–Crippen MR) is 75.8 cm³/mol. The number of rotatable bonds is 6. The Labute approximate surface area is 109 Å². The van der Waals surface area contributed by atoms with E-state index < -0.39 is 10.8 Å². The summed E-state index contributed by atoms with van der Waals surface area (Å²) in [6, 6.07) is 0.537. The number of piperidine rings is 1. The van der Waals surface area contributed by atoms with Gasteiger partial charge in [0.15, 0.2) is 0 Å². The van der Waals surface area contributed by atoms with Crippen molar-refractivity contribution in [3.8, 4) is 0 Å². The minimum atomic E-state index is -0.713. The lowest BCUT2D eigenvalue weighted by molar-refractivity contribution is 0.157. The lowest BCUT2D eigenvalue weighted by Crippen LogP contribution is -2.46. The van der Waals surface area contributed by atoms with Crippen LogP contribution in [-0.2, 0) is 10.8 Å². The molecule has 0 saturated carbocycles. The Morgan fingerprint density at radius 3 is 2.76 bits per heavy atom. The van der Waals surface area contributed by atoms with E-state index in [0.717, 1.165) is 12.5 Å². The Morgan fingerprint density at radius 2 is 2.18 bits per heavy atom. The first kappa shape index (κ1) is 15.1. The number of nitrogens with zero attached hydrogens (tertiary/aromatic N) is 1. The van der Waals surface area contributed by atoms with Crippen LogP contribution in [0.2, 0.25) is 0 Å². The summed E-state index contributed by atoms with van der Waals surface area (Å²) in [6.07, 6.45) is 4.44. The number of hydrogen-bond donors (Lipinski definition) is 1. The van der Waals surface area contributed by atoms with Gasteiger partial charge in [0.25, 0.3) is 0 Å². The molecule has 1 aliphatic rings. The Morgan fingerprint density at radius 1 is 1.47 bits per heavy atom. The number of nitrogens with one attached hydrogen (secondary N) is 1. The molecule has 1 N–H and O–H groups in total. The lowest BCUT2D eigenvalue weighted by atomic mass is 9.91. The largest absolute Gasteiger partial charge is 0.313 e. The van der Waals surface area contributed by atoms with Crippen molar-refractivity contribution in [1.82, 2.24) is 10.2 Å². The molecule has 0 aromatic rings. The maximum absolute atomic E-state index is 11.3. The van der Waals surface area contributed by atoms with Gasteiger partial charge >= 0.3 is 0 Å². The Bertz CT molecular complexity index is 248. The second-order valence-corrected chi connectivity index (χ2v) is 7.10. The zero-order valence-electron chi connectivity index (χ0n) is 11.7. The highest BCUT2D eigenvalue weighted by molar-refractivity contribution is 7.84. The molecule has 1 aliphatic heterocycles. The minimum Gasteiger partial charge on any atom is -0.313 e. The predicted octanol–water partition coefficient (Wildman–Crippen LogP) is 1.46. The normalized spacial score (nSPS) is 27.6. The fourth-order valence-electron chi connectivity index (χ4n) is 2.42. The molecule has 0 aromatic carbocycles. The van der Waals surface area contributed by atoms with Crippen LogP contribution < -0.4 is 5.32 Å². The van der Waals surface area contributed by atoms with Gasteiger partial charge < -0.3 is 10.2 Å². The third-order valence-corrected chi connectivity index (χ3v) is 5.29. The van der Waals surface area contributed by atoms with Gasteiger partial charge in [-0.25, -0.2) is 0 Å². The molecule has 3 nitrogen and oxygen atoms in total. The first-order chi connectivity index (χ1) is 8.04. The molecule has 0 amide bonds. The lowest BCUT2D eigenvalue weighted by Gasteiger charge is -2.35. The van der Waals surface area contributed by atoms with Gasteiger partial charge in [-0.3, -0.25) is 4.21 Å². The molecule has 0 radical (unpaired) electrons. The summed E-state index contributed by atoms with van der Waals surface area (Å²) in [7, 11) is -0.713. The first-order valence-corrected chi connectivity index (χ1v) is 8.44. The molecule has 102 valence electrons. The van der Waals surface area contributed by atoms with Crippen LogP contribution in [0.1, 0.15) is 33.6 Å². The summed E-state index contributed by atoms with van der Waals surface area (Å²) in [5.74, 6) is 0.751. The Hall–Kier alpha value is 0.0700. The molecule has 4 heteroatoms. The topological polar surface area (TPSA) is 32.3 Å². The third kappa shape index (κ3) is 5.06. The first-order valence-electron chi connectivity index (χ1n) is 6.82. The second-order valence-electron chi connectivity index (χ2n) is 5.30. The van der Waals surface area contributed by atoms with E-state index in [4.69, 9.17) is 0 Å². The quantitative estimate of drug-likeness (QED) is 0.785. The summed E-state index contributed by atoms with van der Waals surface area (Å²) in [5, 5.41) is 3.81. The van der Waals surface area contributed by atoms with Crippen molar-refractivity contribution in [1.29, 1.82) is 0 Å². The maximum atomic E-state index is 11.3. The van der Waals surface area contributed by atoms with Crippen molar-refractivity contribution in [3.63, 3.8) is 0 Å². The van der Waals surface area contributed by atoms with Crippen LogP contribution in [0.5, 0.6) is 0 Å². The molecule has 1 fully saturated rings. The van der Waals surface area contributed by atoms with Crippen LogP contribution in [0.15, 0.2) is 0 Å². The summed E-state index contributed by atoms with van der Waals surface area (Å²) < 4.78 is 11.3. The minimum absolute atomic E-state index is 0.253. The fraction of sp³-hybridized carbons (Fsp3) is 1.00. The van der Waals surface area contributed by atoms with Gasteiger partial charge in [-0.05, 0) is 45.7 Å². The summed E-state index contributed by atoms with van der Waals surface area (Å²) in [6.45, 7) is 11.1. The van der Waals surface area contributed by atoms with Crippen LogP contribution in [0.3, 0.4) is 0 Å². The molecular formula is C13H28N2OS. The van der Waals surface area contributed by atoms with E-state index in [1.807, 2.05) is 0 Å². The van der Waals surface area contributed by atoms with Crippen LogP contribution >= 0.6 is 0 Å². The number of likely N-dealkylation sites (tertiary alicyclic amines) is 1. The average Bonchev–Trinajstić information content (AvgIpc) is 2.35. The van der Waals surface area contributed by atoms with Gasteiger partial charge in [0.05, 0.1) is 0 Å². The Balaban J connectivity index is 2.31. The average molecular weight is 260 g/mol. The second kappa shape index (κ2) is 7.49. The van der Waals surface area contributed by atoms with Crippen molar-refractivity contribution in [2.75, 3.05) is 32.4 Å². The van der Waals surface area contributed by atoms with E-state index in [-0.39, 0.29) is 5.25 Å². The van der Waals surface area contributed by atoms with E-state index in [2.05, 4.69) is 31.0 Å². The van der Waals surface area contributed by atoms with E-state index in [0.29, 0.717) is 6.04 Å². The summed E-state index contributed by atoms with van der Waals surface area (Å²) in [5.41, 5.74) is 0. The van der Waals surface area contributed by atoms with Crippen LogP contribution in [0.4, 0.5) is 0 Å². The van der Waals surface area contributed by atoms with E-state index in [9.17, 15) is 4.21 Å². The molecule has 0 aromatic heterocycles. The molecule has 0 bridgehead atoms. The highest BCUT2D eigenvalue weighted by Gasteiger charge is 2.23. The van der Waals surface area contributed by atoms with Gasteiger partial charge in [0, 0.05) is 41.4 Å². The molecule has 1 rings (SSSR count). The van der Waals surface area contributed by atoms with Crippen molar-refractivity contribution in [2.24, 2.45) is 5.92 Å². The third-order valence-electron chi connectivity index (χ3n) is 3.99. The molecule has 1 heterocycles. The molecule has 4 unspecified atom stereocenters. The standard InChI is InChI=1S/C13H28N2OS/c1-5-15-8-6-7-13(10-15)12(3)14-9-11(2)17(4)16/h11-14H,5-10H2,1-4H3. The summed E-state index contributed by atoms with van der Waals surface area (Å²) in [4.78, 5) is 2.54. The van der Waals surface area contributed by atoms with Crippen molar-refractivity contribution in [3.05, 3.63) is 0 Å². The molecule has 4 atom stereocenters. The van der Waals surface area contributed by atoms with Gasteiger partial charge in [-0.2, -0.15) is 0 Å². The monoisotopic (exact) mass is 260 g/mol. The highest BCUT2D eigenvalue weighted by atomic mass is 32.2. The highest BCUT2D eigenvalue weighted by Crippen LogP contribution is 2.19. The van der Waals surface area contributed by atoms with E-state index in [1.165, 1.54) is 32.5 Å². The van der Waals surface area contributed by atoms with E-state index >= 15 is 0 Å². The van der Waals surface area contributed by atoms with Gasteiger partial charge in [-0.1, -0.05) is 6.92 Å². The zero-order chi connectivity index (χ0) is 12.8. The van der Waals surface area contributed by atoms with E-state index in [1.54, 1.807) is 6.26 Å². The smallest absolute Gasteiger partial charge is 0.0441 e. The maximum Gasteiger partial charge on any atom is 0.0441 e. The van der Waals surface area contributed by atoms with Crippen LogP contribution in [-0.4, -0.2) is 52.8 Å².